The number of nitrogen functional groups attached to an aromatic ring is 1. The standard InChI is InChI=1S/C15H27N5/c1-4-9-17-13-10-14(19-15(16)18-13)20(3)12-8-6-5-7-11(12)2/h10-12H,4-9H2,1-3H3,(H3,16,17,18,19). The van der Waals surface area contributed by atoms with Crippen molar-refractivity contribution in [2.45, 2.75) is 52.0 Å². The van der Waals surface area contributed by atoms with Gasteiger partial charge in [0.05, 0.1) is 0 Å². The zero-order chi connectivity index (χ0) is 14.5. The van der Waals surface area contributed by atoms with Crippen LogP contribution >= 0.6 is 0 Å². The van der Waals surface area contributed by atoms with Crippen molar-refractivity contribution < 1.29 is 0 Å². The fraction of sp³-hybridized carbons (Fsp3) is 0.733. The zero-order valence-electron chi connectivity index (χ0n) is 12.9. The van der Waals surface area contributed by atoms with Gasteiger partial charge in [-0.25, -0.2) is 0 Å². The third-order valence-electron chi connectivity index (χ3n) is 4.21. The van der Waals surface area contributed by atoms with Crippen LogP contribution in [0.15, 0.2) is 6.07 Å². The molecule has 1 aromatic rings. The molecule has 2 rings (SSSR count). The average Bonchev–Trinajstić information content (AvgIpc) is 2.44. The average molecular weight is 277 g/mol. The molecular weight excluding hydrogens is 250 g/mol. The van der Waals surface area contributed by atoms with E-state index in [0.29, 0.717) is 17.9 Å². The van der Waals surface area contributed by atoms with Gasteiger partial charge in [-0.2, -0.15) is 9.97 Å². The largest absolute Gasteiger partial charge is 0.370 e. The van der Waals surface area contributed by atoms with Crippen molar-refractivity contribution in [1.29, 1.82) is 0 Å². The monoisotopic (exact) mass is 277 g/mol. The molecule has 1 aliphatic rings. The van der Waals surface area contributed by atoms with Gasteiger partial charge in [0.25, 0.3) is 0 Å². The fourth-order valence-electron chi connectivity index (χ4n) is 3.02. The molecular formula is C15H27N5. The van der Waals surface area contributed by atoms with Crippen LogP contribution in [0.1, 0.15) is 46.0 Å². The summed E-state index contributed by atoms with van der Waals surface area (Å²) in [5.74, 6) is 2.80. The van der Waals surface area contributed by atoms with Gasteiger partial charge in [-0.15, -0.1) is 0 Å². The maximum absolute atomic E-state index is 5.84. The fourth-order valence-corrected chi connectivity index (χ4v) is 3.02. The molecule has 2 unspecified atom stereocenters. The van der Waals surface area contributed by atoms with E-state index in [2.05, 4.69) is 41.1 Å². The minimum absolute atomic E-state index is 0.344. The molecule has 3 N–H and O–H groups in total. The lowest BCUT2D eigenvalue weighted by Gasteiger charge is -2.37. The third kappa shape index (κ3) is 3.52. The molecule has 5 heteroatoms. The Morgan fingerprint density at radius 1 is 1.35 bits per heavy atom. The lowest BCUT2D eigenvalue weighted by molar-refractivity contribution is 0.320. The molecule has 0 aliphatic heterocycles. The van der Waals surface area contributed by atoms with Gasteiger partial charge in [0, 0.05) is 25.7 Å². The van der Waals surface area contributed by atoms with Gasteiger partial charge in [-0.1, -0.05) is 26.7 Å². The van der Waals surface area contributed by atoms with E-state index in [0.717, 1.165) is 24.6 Å². The summed E-state index contributed by atoms with van der Waals surface area (Å²) in [5.41, 5.74) is 5.84. The van der Waals surface area contributed by atoms with Gasteiger partial charge in [0.2, 0.25) is 5.95 Å². The van der Waals surface area contributed by atoms with E-state index in [4.69, 9.17) is 5.73 Å². The molecule has 1 aromatic heterocycles. The second-order valence-electron chi connectivity index (χ2n) is 5.84. The molecule has 0 spiro atoms. The number of hydrogen-bond donors (Lipinski definition) is 2. The van der Waals surface area contributed by atoms with Gasteiger partial charge < -0.3 is 16.0 Å². The van der Waals surface area contributed by atoms with Crippen molar-refractivity contribution >= 4 is 17.6 Å². The van der Waals surface area contributed by atoms with Crippen LogP contribution in [0.25, 0.3) is 0 Å². The summed E-state index contributed by atoms with van der Waals surface area (Å²) in [6.07, 6.45) is 6.26. The Balaban J connectivity index is 2.15. The summed E-state index contributed by atoms with van der Waals surface area (Å²) in [7, 11) is 2.12. The van der Waals surface area contributed by atoms with E-state index in [1.54, 1.807) is 0 Å². The first-order valence-corrected chi connectivity index (χ1v) is 7.73. The Morgan fingerprint density at radius 2 is 2.10 bits per heavy atom. The number of aromatic nitrogens is 2. The number of rotatable bonds is 5. The van der Waals surface area contributed by atoms with E-state index < -0.39 is 0 Å². The van der Waals surface area contributed by atoms with Gasteiger partial charge in [0.1, 0.15) is 11.6 Å². The van der Waals surface area contributed by atoms with Crippen LogP contribution in [0.5, 0.6) is 0 Å². The Labute approximate surface area is 122 Å². The van der Waals surface area contributed by atoms with Crippen LogP contribution < -0.4 is 16.0 Å². The summed E-state index contributed by atoms with van der Waals surface area (Å²) in [6.45, 7) is 5.37. The Bertz CT molecular complexity index is 434. The Hall–Kier alpha value is -1.52. The van der Waals surface area contributed by atoms with E-state index in [9.17, 15) is 0 Å². The molecule has 0 aromatic carbocycles. The summed E-state index contributed by atoms with van der Waals surface area (Å²) < 4.78 is 0. The van der Waals surface area contributed by atoms with Gasteiger partial charge in [-0.3, -0.25) is 0 Å². The number of nitrogens with zero attached hydrogens (tertiary/aromatic N) is 3. The summed E-state index contributed by atoms with van der Waals surface area (Å²) >= 11 is 0. The van der Waals surface area contributed by atoms with Crippen molar-refractivity contribution in [3.05, 3.63) is 6.07 Å². The highest BCUT2D eigenvalue weighted by molar-refractivity contribution is 5.52. The molecule has 1 saturated carbocycles. The number of anilines is 3. The molecule has 1 aliphatic carbocycles. The second kappa shape index (κ2) is 6.77. The van der Waals surface area contributed by atoms with E-state index in [1.807, 2.05) is 6.07 Å². The smallest absolute Gasteiger partial charge is 0.223 e. The molecule has 0 amide bonds. The SMILES string of the molecule is CCCNc1cc(N(C)C2CCCCC2C)nc(N)n1. The summed E-state index contributed by atoms with van der Waals surface area (Å²) in [6, 6.07) is 2.56. The first-order chi connectivity index (χ1) is 9.61. The summed E-state index contributed by atoms with van der Waals surface area (Å²) in [4.78, 5) is 10.9. The number of hydrogen-bond acceptors (Lipinski definition) is 5. The van der Waals surface area contributed by atoms with Crippen molar-refractivity contribution in [2.75, 3.05) is 29.5 Å². The lowest BCUT2D eigenvalue weighted by atomic mass is 9.85. The number of nitrogens with two attached hydrogens (primary N) is 1. The quantitative estimate of drug-likeness (QED) is 0.866. The van der Waals surface area contributed by atoms with Crippen LogP contribution in [0, 0.1) is 5.92 Å². The topological polar surface area (TPSA) is 67.1 Å². The molecule has 5 nitrogen and oxygen atoms in total. The first-order valence-electron chi connectivity index (χ1n) is 7.73. The van der Waals surface area contributed by atoms with Gasteiger partial charge in [0.15, 0.2) is 0 Å². The van der Waals surface area contributed by atoms with Gasteiger partial charge in [-0.05, 0) is 25.2 Å². The second-order valence-corrected chi connectivity index (χ2v) is 5.84. The molecule has 1 fully saturated rings. The third-order valence-corrected chi connectivity index (χ3v) is 4.21. The van der Waals surface area contributed by atoms with Crippen LogP contribution in [0.2, 0.25) is 0 Å². The van der Waals surface area contributed by atoms with Crippen LogP contribution in [-0.2, 0) is 0 Å². The Kier molecular flexibility index (Phi) is 5.04. The Morgan fingerprint density at radius 3 is 2.80 bits per heavy atom. The maximum atomic E-state index is 5.84. The van der Waals surface area contributed by atoms with Crippen LogP contribution in [0.3, 0.4) is 0 Å². The maximum Gasteiger partial charge on any atom is 0.223 e. The van der Waals surface area contributed by atoms with Crippen LogP contribution in [0.4, 0.5) is 17.6 Å². The summed E-state index contributed by atoms with van der Waals surface area (Å²) in [5, 5.41) is 3.29. The van der Waals surface area contributed by atoms with E-state index in [1.165, 1.54) is 25.7 Å². The molecule has 20 heavy (non-hydrogen) atoms. The minimum atomic E-state index is 0.344. The van der Waals surface area contributed by atoms with Crippen molar-refractivity contribution in [2.24, 2.45) is 5.92 Å². The zero-order valence-corrected chi connectivity index (χ0v) is 12.9. The highest BCUT2D eigenvalue weighted by Crippen LogP contribution is 2.30. The number of nitrogens with one attached hydrogen (secondary N) is 1. The van der Waals surface area contributed by atoms with Crippen molar-refractivity contribution in [3.63, 3.8) is 0 Å². The normalized spacial score (nSPS) is 22.6. The molecule has 1 heterocycles. The molecule has 0 saturated heterocycles. The van der Waals surface area contributed by atoms with Crippen molar-refractivity contribution in [1.82, 2.24) is 9.97 Å². The molecule has 0 radical (unpaired) electrons. The first kappa shape index (κ1) is 14.9. The lowest BCUT2D eigenvalue weighted by Crippen LogP contribution is -2.39. The highest BCUT2D eigenvalue weighted by atomic mass is 15.2. The minimum Gasteiger partial charge on any atom is -0.370 e. The predicted octanol–water partition coefficient (Wildman–Crippen LogP) is 2.90. The predicted molar refractivity (Wildman–Crippen MR) is 85.0 cm³/mol. The van der Waals surface area contributed by atoms with Crippen LogP contribution in [-0.4, -0.2) is 29.6 Å². The van der Waals surface area contributed by atoms with E-state index >= 15 is 0 Å². The van der Waals surface area contributed by atoms with E-state index in [-0.39, 0.29) is 0 Å². The molecule has 0 bridgehead atoms. The van der Waals surface area contributed by atoms with Crippen molar-refractivity contribution in [3.8, 4) is 0 Å². The van der Waals surface area contributed by atoms with Gasteiger partial charge >= 0.3 is 0 Å². The highest BCUT2D eigenvalue weighted by Gasteiger charge is 2.26. The molecule has 2 atom stereocenters. The molecule has 112 valence electrons.